The van der Waals surface area contributed by atoms with E-state index >= 15 is 0 Å². The second kappa shape index (κ2) is 5.58. The molecule has 0 N–H and O–H groups in total. The average Bonchev–Trinajstić information content (AvgIpc) is 2.88. The number of fused-ring (bicyclic) bond motifs is 1. The zero-order valence-electron chi connectivity index (χ0n) is 11.4. The van der Waals surface area contributed by atoms with Gasteiger partial charge in [-0.2, -0.15) is 0 Å². The molecule has 0 unspecified atom stereocenters. The molecule has 0 spiro atoms. The van der Waals surface area contributed by atoms with Crippen molar-refractivity contribution >= 4 is 23.2 Å². The molecule has 4 nitrogen and oxygen atoms in total. The number of imidazole rings is 1. The second-order valence-electron chi connectivity index (χ2n) is 4.68. The number of esters is 1. The molecule has 3 rings (SSSR count). The van der Waals surface area contributed by atoms with E-state index in [4.69, 9.17) is 16.3 Å². The van der Waals surface area contributed by atoms with Gasteiger partial charge in [-0.1, -0.05) is 23.7 Å². The number of ether oxygens (including phenoxy) is 1. The molecule has 0 amide bonds. The van der Waals surface area contributed by atoms with E-state index in [1.54, 1.807) is 12.1 Å². The van der Waals surface area contributed by atoms with Crippen molar-refractivity contribution in [3.8, 4) is 0 Å². The molecule has 5 heteroatoms. The SMILES string of the molecule is COC(=O)c1cccn2cc(Cc3cccc(Cl)c3)nc12. The van der Waals surface area contributed by atoms with Gasteiger partial charge in [0.05, 0.1) is 12.8 Å². The smallest absolute Gasteiger partial charge is 0.341 e. The van der Waals surface area contributed by atoms with Gasteiger partial charge in [-0.15, -0.1) is 0 Å². The van der Waals surface area contributed by atoms with Crippen molar-refractivity contribution in [2.24, 2.45) is 0 Å². The molecule has 0 radical (unpaired) electrons. The number of hydrogen-bond acceptors (Lipinski definition) is 3. The standard InChI is InChI=1S/C16H13ClN2O2/c1-21-16(20)14-6-3-7-19-10-13(18-15(14)19)9-11-4-2-5-12(17)8-11/h2-8,10H,9H2,1H3. The molecule has 0 aliphatic heterocycles. The quantitative estimate of drug-likeness (QED) is 0.697. The van der Waals surface area contributed by atoms with Gasteiger partial charge < -0.3 is 9.14 Å². The Hall–Kier alpha value is -2.33. The first-order valence-electron chi connectivity index (χ1n) is 6.47. The third kappa shape index (κ3) is 2.76. The molecule has 2 aromatic heterocycles. The normalized spacial score (nSPS) is 10.8. The predicted molar refractivity (Wildman–Crippen MR) is 80.8 cm³/mol. The second-order valence-corrected chi connectivity index (χ2v) is 5.12. The van der Waals surface area contributed by atoms with Gasteiger partial charge in [0.2, 0.25) is 0 Å². The lowest BCUT2D eigenvalue weighted by Crippen LogP contribution is -2.03. The first-order chi connectivity index (χ1) is 10.2. The molecule has 2 heterocycles. The predicted octanol–water partition coefficient (Wildman–Crippen LogP) is 3.37. The van der Waals surface area contributed by atoms with Crippen LogP contribution in [0, 0.1) is 0 Å². The Bertz CT molecular complexity index is 811. The molecule has 21 heavy (non-hydrogen) atoms. The monoisotopic (exact) mass is 300 g/mol. The maximum Gasteiger partial charge on any atom is 0.341 e. The zero-order valence-corrected chi connectivity index (χ0v) is 12.2. The van der Waals surface area contributed by atoms with Crippen molar-refractivity contribution in [2.45, 2.75) is 6.42 Å². The van der Waals surface area contributed by atoms with E-state index in [1.165, 1.54) is 7.11 Å². The van der Waals surface area contributed by atoms with Crippen molar-refractivity contribution in [3.05, 3.63) is 70.6 Å². The van der Waals surface area contributed by atoms with Crippen LogP contribution in [0.3, 0.4) is 0 Å². The van der Waals surface area contributed by atoms with Gasteiger partial charge in [0.15, 0.2) is 5.65 Å². The van der Waals surface area contributed by atoms with Gasteiger partial charge in [0.25, 0.3) is 0 Å². The summed E-state index contributed by atoms with van der Waals surface area (Å²) in [6.45, 7) is 0. The topological polar surface area (TPSA) is 43.6 Å². The van der Waals surface area contributed by atoms with Crippen LogP contribution in [0.2, 0.25) is 5.02 Å². The van der Waals surface area contributed by atoms with Gasteiger partial charge in [0.1, 0.15) is 5.56 Å². The van der Waals surface area contributed by atoms with Crippen molar-refractivity contribution in [2.75, 3.05) is 7.11 Å². The van der Waals surface area contributed by atoms with Crippen LogP contribution in [-0.2, 0) is 11.2 Å². The van der Waals surface area contributed by atoms with Crippen molar-refractivity contribution in [3.63, 3.8) is 0 Å². The molecule has 3 aromatic rings. The van der Waals surface area contributed by atoms with Gasteiger partial charge in [0, 0.05) is 23.8 Å². The van der Waals surface area contributed by atoms with Crippen LogP contribution < -0.4 is 0 Å². The molecule has 0 aliphatic carbocycles. The first-order valence-corrected chi connectivity index (χ1v) is 6.84. The molecule has 0 atom stereocenters. The summed E-state index contributed by atoms with van der Waals surface area (Å²) >= 11 is 5.99. The van der Waals surface area contributed by atoms with E-state index in [9.17, 15) is 4.79 Å². The maximum atomic E-state index is 11.7. The number of nitrogens with zero attached hydrogens (tertiary/aromatic N) is 2. The van der Waals surface area contributed by atoms with E-state index in [-0.39, 0.29) is 5.97 Å². The lowest BCUT2D eigenvalue weighted by molar-refractivity contribution is 0.0602. The molecule has 106 valence electrons. The van der Waals surface area contributed by atoms with E-state index in [2.05, 4.69) is 4.98 Å². The third-order valence-corrected chi connectivity index (χ3v) is 3.45. The lowest BCUT2D eigenvalue weighted by Gasteiger charge is -2.00. The molecule has 0 fully saturated rings. The Kier molecular flexibility index (Phi) is 3.62. The number of benzene rings is 1. The molecule has 0 bridgehead atoms. The summed E-state index contributed by atoms with van der Waals surface area (Å²) < 4.78 is 6.60. The van der Waals surface area contributed by atoms with Crippen LogP contribution in [-0.4, -0.2) is 22.5 Å². The van der Waals surface area contributed by atoms with E-state index in [1.807, 2.05) is 41.1 Å². The summed E-state index contributed by atoms with van der Waals surface area (Å²) in [5, 5.41) is 0.700. The molecule has 0 aliphatic rings. The van der Waals surface area contributed by atoms with Crippen LogP contribution >= 0.6 is 11.6 Å². The Morgan fingerprint density at radius 3 is 2.95 bits per heavy atom. The number of pyridine rings is 1. The van der Waals surface area contributed by atoms with Gasteiger partial charge in [-0.25, -0.2) is 9.78 Å². The highest BCUT2D eigenvalue weighted by Crippen LogP contribution is 2.17. The molecular weight excluding hydrogens is 288 g/mol. The minimum atomic E-state index is -0.388. The average molecular weight is 301 g/mol. The Morgan fingerprint density at radius 2 is 2.19 bits per heavy atom. The first kappa shape index (κ1) is 13.6. The van der Waals surface area contributed by atoms with Crippen LogP contribution in [0.1, 0.15) is 21.6 Å². The lowest BCUT2D eigenvalue weighted by atomic mass is 10.1. The van der Waals surface area contributed by atoms with Gasteiger partial charge in [-0.05, 0) is 29.8 Å². The molecule has 0 saturated heterocycles. The van der Waals surface area contributed by atoms with Crippen molar-refractivity contribution < 1.29 is 9.53 Å². The van der Waals surface area contributed by atoms with Gasteiger partial charge >= 0.3 is 5.97 Å². The van der Waals surface area contributed by atoms with Crippen LogP contribution in [0.15, 0.2) is 48.8 Å². The van der Waals surface area contributed by atoms with Crippen LogP contribution in [0.5, 0.6) is 0 Å². The number of carbonyl (C=O) groups is 1. The van der Waals surface area contributed by atoms with E-state index in [0.29, 0.717) is 22.7 Å². The Labute approximate surface area is 126 Å². The summed E-state index contributed by atoms with van der Waals surface area (Å²) in [5.74, 6) is -0.388. The third-order valence-electron chi connectivity index (χ3n) is 3.21. The summed E-state index contributed by atoms with van der Waals surface area (Å²) in [6.07, 6.45) is 4.42. The van der Waals surface area contributed by atoms with Crippen molar-refractivity contribution in [1.82, 2.24) is 9.38 Å². The van der Waals surface area contributed by atoms with E-state index < -0.39 is 0 Å². The van der Waals surface area contributed by atoms with Crippen LogP contribution in [0.25, 0.3) is 5.65 Å². The maximum absolute atomic E-state index is 11.7. The fourth-order valence-corrected chi connectivity index (χ4v) is 2.49. The minimum absolute atomic E-state index is 0.388. The number of carbonyl (C=O) groups excluding carboxylic acids is 1. The summed E-state index contributed by atoms with van der Waals surface area (Å²) in [5.41, 5.74) is 3.00. The molecule has 0 saturated carbocycles. The number of halogens is 1. The number of aromatic nitrogens is 2. The highest BCUT2D eigenvalue weighted by atomic mass is 35.5. The Balaban J connectivity index is 1.99. The zero-order chi connectivity index (χ0) is 14.8. The minimum Gasteiger partial charge on any atom is -0.465 e. The number of hydrogen-bond donors (Lipinski definition) is 0. The highest BCUT2D eigenvalue weighted by Gasteiger charge is 2.13. The summed E-state index contributed by atoms with van der Waals surface area (Å²) in [7, 11) is 1.36. The largest absolute Gasteiger partial charge is 0.465 e. The van der Waals surface area contributed by atoms with Crippen LogP contribution in [0.4, 0.5) is 0 Å². The van der Waals surface area contributed by atoms with E-state index in [0.717, 1.165) is 11.3 Å². The molecule has 1 aromatic carbocycles. The molecular formula is C16H13ClN2O2. The number of rotatable bonds is 3. The fraction of sp³-hybridized carbons (Fsp3) is 0.125. The summed E-state index contributed by atoms with van der Waals surface area (Å²) in [6, 6.07) is 11.2. The fourth-order valence-electron chi connectivity index (χ4n) is 2.27. The Morgan fingerprint density at radius 1 is 1.33 bits per heavy atom. The number of methoxy groups -OCH3 is 1. The van der Waals surface area contributed by atoms with Crippen molar-refractivity contribution in [1.29, 1.82) is 0 Å². The highest BCUT2D eigenvalue weighted by molar-refractivity contribution is 6.30. The summed E-state index contributed by atoms with van der Waals surface area (Å²) in [4.78, 5) is 16.3. The van der Waals surface area contributed by atoms with Gasteiger partial charge in [-0.3, -0.25) is 0 Å².